The first kappa shape index (κ1) is 30.7. The van der Waals surface area contributed by atoms with Gasteiger partial charge in [0, 0.05) is 6.42 Å². The Morgan fingerprint density at radius 2 is 1.33 bits per heavy atom. The lowest BCUT2D eigenvalue weighted by atomic mass is 10.0. The second-order valence-corrected chi connectivity index (χ2v) is 13.2. The van der Waals surface area contributed by atoms with Crippen LogP contribution in [0.25, 0.3) is 11.0 Å². The van der Waals surface area contributed by atoms with Gasteiger partial charge in [0.2, 0.25) is 0 Å². The van der Waals surface area contributed by atoms with Gasteiger partial charge in [0.15, 0.2) is 0 Å². The van der Waals surface area contributed by atoms with Gasteiger partial charge in [-0.2, -0.15) is 16.8 Å². The van der Waals surface area contributed by atoms with Crippen LogP contribution in [-0.4, -0.2) is 41.2 Å². The molecular formula is C26H44N2O6S2. The van der Waals surface area contributed by atoms with Crippen molar-refractivity contribution in [3.05, 3.63) is 23.5 Å². The van der Waals surface area contributed by atoms with E-state index < -0.39 is 25.5 Å². The predicted octanol–water partition coefficient (Wildman–Crippen LogP) is 6.65. The van der Waals surface area contributed by atoms with Gasteiger partial charge in [-0.3, -0.25) is 9.11 Å². The molecule has 1 unspecified atom stereocenters. The van der Waals surface area contributed by atoms with Crippen LogP contribution in [0.3, 0.4) is 0 Å². The Kier molecular flexibility index (Phi) is 12.8. The normalized spacial score (nSPS) is 13.4. The molecule has 0 aliphatic heterocycles. The molecular weight excluding hydrogens is 500 g/mol. The molecule has 2 aromatic rings. The summed E-state index contributed by atoms with van der Waals surface area (Å²) >= 11 is 0. The van der Waals surface area contributed by atoms with E-state index >= 15 is 0 Å². The van der Waals surface area contributed by atoms with E-state index in [0.29, 0.717) is 16.6 Å². The number of fused-ring (bicyclic) bond motifs is 1. The minimum atomic E-state index is -4.44. The van der Waals surface area contributed by atoms with Crippen LogP contribution in [0.15, 0.2) is 17.0 Å². The number of nitrogens with zero attached hydrogens (tertiary/aromatic N) is 1. The number of aromatic amines is 1. The highest BCUT2D eigenvalue weighted by Crippen LogP contribution is 2.25. The minimum absolute atomic E-state index is 0.107. The molecule has 8 nitrogen and oxygen atoms in total. The first-order valence-corrected chi connectivity index (χ1v) is 16.4. The standard InChI is InChI=1S/C26H44N2O6S2/c1-3-4-5-6-7-8-9-10-11-12-13-14-15-16-25-27-24-20-23(36(32,33)34)19-22(26(24)28-25)18-17-21(2)35(29,30)31/h19-21H,3-18H2,1-2H3,(H,27,28)(H,29,30,31)(H,32,33,34). The van der Waals surface area contributed by atoms with Crippen molar-refractivity contribution in [2.24, 2.45) is 0 Å². The van der Waals surface area contributed by atoms with E-state index in [1.54, 1.807) is 0 Å². The van der Waals surface area contributed by atoms with E-state index in [2.05, 4.69) is 16.9 Å². The summed E-state index contributed by atoms with van der Waals surface area (Å²) in [6, 6.07) is 2.66. The van der Waals surface area contributed by atoms with Gasteiger partial charge < -0.3 is 4.98 Å². The summed E-state index contributed by atoms with van der Waals surface area (Å²) in [5.41, 5.74) is 1.60. The van der Waals surface area contributed by atoms with Gasteiger partial charge >= 0.3 is 0 Å². The lowest BCUT2D eigenvalue weighted by Gasteiger charge is -2.09. The predicted molar refractivity (Wildman–Crippen MR) is 145 cm³/mol. The summed E-state index contributed by atoms with van der Waals surface area (Å²) in [7, 11) is -8.62. The van der Waals surface area contributed by atoms with Crippen molar-refractivity contribution in [3.63, 3.8) is 0 Å². The summed E-state index contributed by atoms with van der Waals surface area (Å²) in [6.07, 6.45) is 17.6. The average molecular weight is 545 g/mol. The molecule has 0 aliphatic carbocycles. The highest BCUT2D eigenvalue weighted by molar-refractivity contribution is 7.86. The molecule has 1 atom stereocenters. The van der Waals surface area contributed by atoms with Gasteiger partial charge in [0.05, 0.1) is 21.2 Å². The first-order chi connectivity index (χ1) is 17.0. The number of aromatic nitrogens is 2. The largest absolute Gasteiger partial charge is 0.342 e. The molecule has 206 valence electrons. The second-order valence-electron chi connectivity index (χ2n) is 9.99. The SMILES string of the molecule is CCCCCCCCCCCCCCCc1nc2cc(S(=O)(=O)O)cc(CCC(C)S(=O)(=O)O)c2[nH]1. The maximum atomic E-state index is 11.7. The van der Waals surface area contributed by atoms with Crippen molar-refractivity contribution in [2.75, 3.05) is 0 Å². The molecule has 0 saturated heterocycles. The lowest BCUT2D eigenvalue weighted by Crippen LogP contribution is -2.17. The lowest BCUT2D eigenvalue weighted by molar-refractivity contribution is 0.465. The van der Waals surface area contributed by atoms with E-state index in [1.807, 2.05) is 0 Å². The summed E-state index contributed by atoms with van der Waals surface area (Å²) in [6.45, 7) is 3.64. The third kappa shape index (κ3) is 10.9. The molecule has 2 rings (SSSR count). The van der Waals surface area contributed by atoms with Gasteiger partial charge in [0.25, 0.3) is 20.2 Å². The van der Waals surface area contributed by atoms with E-state index in [1.165, 1.54) is 89.7 Å². The molecule has 0 bridgehead atoms. The zero-order chi connectivity index (χ0) is 26.6. The van der Waals surface area contributed by atoms with Crippen LogP contribution in [0, 0.1) is 0 Å². The van der Waals surface area contributed by atoms with E-state index in [4.69, 9.17) is 0 Å². The molecule has 0 spiro atoms. The number of nitrogens with one attached hydrogen (secondary N) is 1. The van der Waals surface area contributed by atoms with Crippen molar-refractivity contribution in [2.45, 2.75) is 127 Å². The molecule has 0 radical (unpaired) electrons. The fourth-order valence-electron chi connectivity index (χ4n) is 4.49. The summed E-state index contributed by atoms with van der Waals surface area (Å²) in [5.74, 6) is 0.740. The highest BCUT2D eigenvalue weighted by Gasteiger charge is 2.20. The Bertz CT molecular complexity index is 1140. The fraction of sp³-hybridized carbons (Fsp3) is 0.731. The quantitative estimate of drug-likeness (QED) is 0.133. The van der Waals surface area contributed by atoms with Crippen LogP contribution in [0.5, 0.6) is 0 Å². The van der Waals surface area contributed by atoms with Crippen molar-refractivity contribution >= 4 is 31.3 Å². The van der Waals surface area contributed by atoms with E-state index in [-0.39, 0.29) is 17.7 Å². The summed E-state index contributed by atoms with van der Waals surface area (Å²) < 4.78 is 64.9. The zero-order valence-corrected chi connectivity index (χ0v) is 23.5. The topological polar surface area (TPSA) is 137 Å². The number of rotatable bonds is 19. The Labute approximate surface area is 217 Å². The number of unbranched alkanes of at least 4 members (excludes halogenated alkanes) is 12. The van der Waals surface area contributed by atoms with Gasteiger partial charge in [-0.25, -0.2) is 4.98 Å². The van der Waals surface area contributed by atoms with Crippen LogP contribution in [0.1, 0.15) is 115 Å². The minimum Gasteiger partial charge on any atom is -0.342 e. The van der Waals surface area contributed by atoms with Crippen LogP contribution < -0.4 is 0 Å². The first-order valence-electron chi connectivity index (χ1n) is 13.5. The van der Waals surface area contributed by atoms with Gasteiger partial charge in [0.1, 0.15) is 5.82 Å². The molecule has 0 aliphatic rings. The Balaban J connectivity index is 1.83. The maximum Gasteiger partial charge on any atom is 0.294 e. The van der Waals surface area contributed by atoms with Crippen LogP contribution in [0.4, 0.5) is 0 Å². The van der Waals surface area contributed by atoms with Crippen LogP contribution in [0.2, 0.25) is 0 Å². The highest BCUT2D eigenvalue weighted by atomic mass is 32.2. The Hall–Kier alpha value is -1.49. The molecule has 3 N–H and O–H groups in total. The van der Waals surface area contributed by atoms with Crippen molar-refractivity contribution < 1.29 is 25.9 Å². The summed E-state index contributed by atoms with van der Waals surface area (Å²) in [5, 5.41) is -0.991. The number of benzene rings is 1. The molecule has 10 heteroatoms. The molecule has 0 fully saturated rings. The van der Waals surface area contributed by atoms with Crippen molar-refractivity contribution in [3.8, 4) is 0 Å². The zero-order valence-electron chi connectivity index (χ0n) is 21.8. The smallest absolute Gasteiger partial charge is 0.294 e. The number of hydrogen-bond donors (Lipinski definition) is 3. The van der Waals surface area contributed by atoms with E-state index in [0.717, 1.165) is 25.1 Å². The van der Waals surface area contributed by atoms with Gasteiger partial charge in [-0.15, -0.1) is 0 Å². The van der Waals surface area contributed by atoms with Crippen molar-refractivity contribution in [1.82, 2.24) is 9.97 Å². The Morgan fingerprint density at radius 1 is 0.806 bits per heavy atom. The van der Waals surface area contributed by atoms with Crippen LogP contribution in [-0.2, 0) is 33.1 Å². The van der Waals surface area contributed by atoms with Gasteiger partial charge in [-0.1, -0.05) is 84.0 Å². The van der Waals surface area contributed by atoms with Gasteiger partial charge in [-0.05, 0) is 43.9 Å². The number of aryl methyl sites for hydroxylation is 2. The second kappa shape index (κ2) is 15.1. The third-order valence-electron chi connectivity index (χ3n) is 6.84. The number of imidazole rings is 1. The molecule has 1 aromatic heterocycles. The molecule has 0 saturated carbocycles. The third-order valence-corrected chi connectivity index (χ3v) is 8.93. The van der Waals surface area contributed by atoms with Crippen molar-refractivity contribution in [1.29, 1.82) is 0 Å². The number of H-pyrrole nitrogens is 1. The maximum absolute atomic E-state index is 11.7. The fourth-order valence-corrected chi connectivity index (χ4v) is 5.46. The average Bonchev–Trinajstić information content (AvgIpc) is 3.22. The Morgan fingerprint density at radius 3 is 1.83 bits per heavy atom. The van der Waals surface area contributed by atoms with Crippen LogP contribution >= 0.6 is 0 Å². The monoisotopic (exact) mass is 544 g/mol. The molecule has 36 heavy (non-hydrogen) atoms. The summed E-state index contributed by atoms with van der Waals surface area (Å²) in [4.78, 5) is 7.49. The molecule has 1 aromatic carbocycles. The van der Waals surface area contributed by atoms with E-state index in [9.17, 15) is 25.9 Å². The molecule has 1 heterocycles. The number of hydrogen-bond acceptors (Lipinski definition) is 5. The molecule has 0 amide bonds.